The molecule has 0 amide bonds. The summed E-state index contributed by atoms with van der Waals surface area (Å²) >= 11 is 0. The second-order valence-electron chi connectivity index (χ2n) is 4.72. The SMILES string of the molecule is CC(C)CC1(C)CCC(CO)N1. The third-order valence-corrected chi connectivity index (χ3v) is 2.68. The molecule has 1 rings (SSSR count). The van der Waals surface area contributed by atoms with Gasteiger partial charge in [-0.15, -0.1) is 0 Å². The van der Waals surface area contributed by atoms with Crippen LogP contribution in [0.2, 0.25) is 0 Å². The van der Waals surface area contributed by atoms with Gasteiger partial charge in [0.1, 0.15) is 0 Å². The number of hydrogen-bond acceptors (Lipinski definition) is 2. The maximum atomic E-state index is 8.97. The van der Waals surface area contributed by atoms with E-state index in [9.17, 15) is 0 Å². The van der Waals surface area contributed by atoms with E-state index in [1.807, 2.05) is 0 Å². The van der Waals surface area contributed by atoms with Crippen LogP contribution in [0, 0.1) is 5.92 Å². The van der Waals surface area contributed by atoms with Gasteiger partial charge < -0.3 is 10.4 Å². The highest BCUT2D eigenvalue weighted by Crippen LogP contribution is 2.28. The van der Waals surface area contributed by atoms with Crippen LogP contribution in [0.3, 0.4) is 0 Å². The Kier molecular flexibility index (Phi) is 3.13. The molecule has 0 aliphatic carbocycles. The second kappa shape index (κ2) is 3.75. The predicted molar refractivity (Wildman–Crippen MR) is 51.1 cm³/mol. The number of nitrogens with one attached hydrogen (secondary N) is 1. The van der Waals surface area contributed by atoms with Crippen LogP contribution in [0.4, 0.5) is 0 Å². The molecule has 0 bridgehead atoms. The van der Waals surface area contributed by atoms with Crippen LogP contribution in [0.15, 0.2) is 0 Å². The first-order chi connectivity index (χ1) is 5.56. The molecule has 2 nitrogen and oxygen atoms in total. The predicted octanol–water partition coefficient (Wildman–Crippen LogP) is 1.54. The molecule has 2 heteroatoms. The normalized spacial score (nSPS) is 36.2. The largest absolute Gasteiger partial charge is 0.395 e. The van der Waals surface area contributed by atoms with Gasteiger partial charge in [0.2, 0.25) is 0 Å². The van der Waals surface area contributed by atoms with Crippen LogP contribution in [0.5, 0.6) is 0 Å². The summed E-state index contributed by atoms with van der Waals surface area (Å²) in [7, 11) is 0. The van der Waals surface area contributed by atoms with Crippen LogP contribution in [0.25, 0.3) is 0 Å². The number of hydrogen-bond donors (Lipinski definition) is 2. The van der Waals surface area contributed by atoms with Gasteiger partial charge >= 0.3 is 0 Å². The molecule has 0 aromatic carbocycles. The fraction of sp³-hybridized carbons (Fsp3) is 1.00. The molecule has 1 saturated heterocycles. The molecule has 1 aliphatic rings. The molecule has 0 spiro atoms. The van der Waals surface area contributed by atoms with Crippen molar-refractivity contribution in [2.75, 3.05) is 6.61 Å². The number of aliphatic hydroxyl groups excluding tert-OH is 1. The summed E-state index contributed by atoms with van der Waals surface area (Å²) in [5, 5.41) is 12.5. The smallest absolute Gasteiger partial charge is 0.0584 e. The average molecular weight is 171 g/mol. The van der Waals surface area contributed by atoms with Gasteiger partial charge in [0, 0.05) is 11.6 Å². The molecule has 1 fully saturated rings. The zero-order valence-electron chi connectivity index (χ0n) is 8.43. The lowest BCUT2D eigenvalue weighted by atomic mass is 9.90. The molecule has 2 atom stereocenters. The Morgan fingerprint density at radius 1 is 1.58 bits per heavy atom. The van der Waals surface area contributed by atoms with Crippen molar-refractivity contribution >= 4 is 0 Å². The van der Waals surface area contributed by atoms with Gasteiger partial charge in [-0.3, -0.25) is 0 Å². The Morgan fingerprint density at radius 3 is 2.67 bits per heavy atom. The molecule has 1 heterocycles. The monoisotopic (exact) mass is 171 g/mol. The van der Waals surface area contributed by atoms with Crippen LogP contribution in [0.1, 0.15) is 40.0 Å². The lowest BCUT2D eigenvalue weighted by molar-refractivity contribution is 0.234. The summed E-state index contributed by atoms with van der Waals surface area (Å²) in [6, 6.07) is 0.341. The summed E-state index contributed by atoms with van der Waals surface area (Å²) < 4.78 is 0. The third kappa shape index (κ3) is 2.46. The number of aliphatic hydroxyl groups is 1. The minimum Gasteiger partial charge on any atom is -0.395 e. The first-order valence-electron chi connectivity index (χ1n) is 4.94. The zero-order chi connectivity index (χ0) is 9.19. The van der Waals surface area contributed by atoms with Crippen molar-refractivity contribution in [2.24, 2.45) is 5.92 Å². The van der Waals surface area contributed by atoms with E-state index in [0.717, 1.165) is 12.3 Å². The third-order valence-electron chi connectivity index (χ3n) is 2.68. The Balaban J connectivity index is 2.41. The van der Waals surface area contributed by atoms with E-state index in [2.05, 4.69) is 26.1 Å². The van der Waals surface area contributed by atoms with Crippen molar-refractivity contribution in [3.63, 3.8) is 0 Å². The molecule has 12 heavy (non-hydrogen) atoms. The van der Waals surface area contributed by atoms with Gasteiger partial charge in [0.05, 0.1) is 6.61 Å². The molecule has 0 aromatic heterocycles. The van der Waals surface area contributed by atoms with Crippen molar-refractivity contribution in [1.82, 2.24) is 5.32 Å². The Hall–Kier alpha value is -0.0800. The first kappa shape index (κ1) is 10.0. The van der Waals surface area contributed by atoms with Crippen LogP contribution >= 0.6 is 0 Å². The highest BCUT2D eigenvalue weighted by Gasteiger charge is 2.33. The fourth-order valence-corrected chi connectivity index (χ4v) is 2.33. The highest BCUT2D eigenvalue weighted by molar-refractivity contribution is 4.94. The van der Waals surface area contributed by atoms with Gasteiger partial charge in [-0.25, -0.2) is 0 Å². The van der Waals surface area contributed by atoms with Gasteiger partial charge in [0.25, 0.3) is 0 Å². The lowest BCUT2D eigenvalue weighted by Crippen LogP contribution is -2.42. The van der Waals surface area contributed by atoms with Gasteiger partial charge in [-0.2, -0.15) is 0 Å². The van der Waals surface area contributed by atoms with Gasteiger partial charge in [-0.05, 0) is 32.1 Å². The average Bonchev–Trinajstić information content (AvgIpc) is 2.30. The Labute approximate surface area is 75.4 Å². The first-order valence-corrected chi connectivity index (χ1v) is 4.94. The van der Waals surface area contributed by atoms with Gasteiger partial charge in [0.15, 0.2) is 0 Å². The quantitative estimate of drug-likeness (QED) is 0.675. The Morgan fingerprint density at radius 2 is 2.25 bits per heavy atom. The second-order valence-corrected chi connectivity index (χ2v) is 4.72. The lowest BCUT2D eigenvalue weighted by Gasteiger charge is -2.27. The fourth-order valence-electron chi connectivity index (χ4n) is 2.33. The van der Waals surface area contributed by atoms with Crippen molar-refractivity contribution < 1.29 is 5.11 Å². The molecule has 72 valence electrons. The molecular formula is C10H21NO. The summed E-state index contributed by atoms with van der Waals surface area (Å²) in [4.78, 5) is 0. The van der Waals surface area contributed by atoms with Crippen LogP contribution in [-0.4, -0.2) is 23.3 Å². The molecule has 2 unspecified atom stereocenters. The minimum atomic E-state index is 0.279. The summed E-state index contributed by atoms with van der Waals surface area (Å²) in [6.45, 7) is 7.05. The number of rotatable bonds is 3. The highest BCUT2D eigenvalue weighted by atomic mass is 16.3. The summed E-state index contributed by atoms with van der Waals surface area (Å²) in [6.07, 6.45) is 3.54. The molecular weight excluding hydrogens is 150 g/mol. The molecule has 2 N–H and O–H groups in total. The van der Waals surface area contributed by atoms with Crippen molar-refractivity contribution in [2.45, 2.75) is 51.6 Å². The molecule has 0 aromatic rings. The maximum Gasteiger partial charge on any atom is 0.0584 e. The molecule has 0 saturated carbocycles. The standard InChI is InChI=1S/C10H21NO/c1-8(2)6-10(3)5-4-9(7-12)11-10/h8-9,11-12H,4-7H2,1-3H3. The van der Waals surface area contributed by atoms with Crippen molar-refractivity contribution in [3.8, 4) is 0 Å². The van der Waals surface area contributed by atoms with E-state index in [1.54, 1.807) is 0 Å². The zero-order valence-corrected chi connectivity index (χ0v) is 8.43. The van der Waals surface area contributed by atoms with Crippen LogP contribution in [-0.2, 0) is 0 Å². The molecule has 1 aliphatic heterocycles. The van der Waals surface area contributed by atoms with Crippen molar-refractivity contribution in [3.05, 3.63) is 0 Å². The van der Waals surface area contributed by atoms with E-state index in [4.69, 9.17) is 5.11 Å². The van der Waals surface area contributed by atoms with Crippen molar-refractivity contribution in [1.29, 1.82) is 0 Å². The van der Waals surface area contributed by atoms with Gasteiger partial charge in [-0.1, -0.05) is 13.8 Å². The van der Waals surface area contributed by atoms with E-state index >= 15 is 0 Å². The van der Waals surface area contributed by atoms with E-state index in [1.165, 1.54) is 12.8 Å². The van der Waals surface area contributed by atoms with E-state index in [-0.39, 0.29) is 12.1 Å². The summed E-state index contributed by atoms with van der Waals surface area (Å²) in [5.74, 6) is 0.736. The van der Waals surface area contributed by atoms with Crippen LogP contribution < -0.4 is 5.32 Å². The Bertz CT molecular complexity index is 147. The molecule has 0 radical (unpaired) electrons. The van der Waals surface area contributed by atoms with E-state index in [0.29, 0.717) is 6.04 Å². The summed E-state index contributed by atoms with van der Waals surface area (Å²) in [5.41, 5.74) is 0.279. The maximum absolute atomic E-state index is 8.97. The minimum absolute atomic E-state index is 0.279. The van der Waals surface area contributed by atoms with E-state index < -0.39 is 0 Å². The topological polar surface area (TPSA) is 32.3 Å².